The summed E-state index contributed by atoms with van der Waals surface area (Å²) in [5.74, 6) is 0.404. The summed E-state index contributed by atoms with van der Waals surface area (Å²) in [5, 5.41) is 8.68. The molecule has 2 rings (SSSR count). The summed E-state index contributed by atoms with van der Waals surface area (Å²) in [6, 6.07) is 9.00. The highest BCUT2D eigenvalue weighted by molar-refractivity contribution is 6.04. The normalized spacial score (nSPS) is 19.8. The van der Waals surface area contributed by atoms with Crippen LogP contribution >= 0.6 is 0 Å². The molecule has 0 spiro atoms. The van der Waals surface area contributed by atoms with E-state index in [4.69, 9.17) is 5.41 Å². The second kappa shape index (κ2) is 8.47. The SMILES string of the molecule is C=C(CCC)/C(C)=C1\CC(c2ccc(CC)cc2)CC(=N)C1=C(C)C. The minimum Gasteiger partial charge on any atom is -0.305 e. The highest BCUT2D eigenvalue weighted by Gasteiger charge is 2.28. The topological polar surface area (TPSA) is 23.9 Å². The lowest BCUT2D eigenvalue weighted by molar-refractivity contribution is 0.684. The van der Waals surface area contributed by atoms with Crippen LogP contribution in [0.25, 0.3) is 0 Å². The van der Waals surface area contributed by atoms with Crippen molar-refractivity contribution in [3.05, 3.63) is 69.8 Å². The van der Waals surface area contributed by atoms with E-state index in [-0.39, 0.29) is 0 Å². The number of hydrogen-bond acceptors (Lipinski definition) is 1. The highest BCUT2D eigenvalue weighted by atomic mass is 14.5. The molecular formula is C24H33N. The number of allylic oxidation sites excluding steroid dienone is 5. The molecule has 1 aliphatic carbocycles. The van der Waals surface area contributed by atoms with Gasteiger partial charge in [-0.3, -0.25) is 0 Å². The molecule has 1 saturated carbocycles. The maximum atomic E-state index is 8.68. The predicted octanol–water partition coefficient (Wildman–Crippen LogP) is 7.16. The molecule has 1 aliphatic rings. The molecule has 0 amide bonds. The zero-order chi connectivity index (χ0) is 18.6. The molecule has 1 unspecified atom stereocenters. The Labute approximate surface area is 154 Å². The summed E-state index contributed by atoms with van der Waals surface area (Å²) in [6.07, 6.45) is 5.08. The van der Waals surface area contributed by atoms with Crippen molar-refractivity contribution < 1.29 is 0 Å². The molecule has 1 fully saturated rings. The minimum atomic E-state index is 0.404. The number of aryl methyl sites for hydroxylation is 1. The van der Waals surface area contributed by atoms with Crippen molar-refractivity contribution >= 4 is 5.71 Å². The first kappa shape index (κ1) is 19.4. The van der Waals surface area contributed by atoms with Crippen LogP contribution in [0.2, 0.25) is 0 Å². The Morgan fingerprint density at radius 3 is 2.24 bits per heavy atom. The van der Waals surface area contributed by atoms with Gasteiger partial charge in [-0.25, -0.2) is 0 Å². The van der Waals surface area contributed by atoms with E-state index in [1.54, 1.807) is 0 Å². The fraction of sp³-hybridized carbons (Fsp3) is 0.458. The second-order valence-corrected chi connectivity index (χ2v) is 7.51. The van der Waals surface area contributed by atoms with E-state index in [0.29, 0.717) is 5.92 Å². The van der Waals surface area contributed by atoms with Crippen molar-refractivity contribution in [3.8, 4) is 0 Å². The van der Waals surface area contributed by atoms with Crippen molar-refractivity contribution in [1.82, 2.24) is 0 Å². The molecule has 0 aromatic heterocycles. The molecule has 1 heteroatoms. The van der Waals surface area contributed by atoms with Gasteiger partial charge in [0, 0.05) is 5.71 Å². The van der Waals surface area contributed by atoms with Gasteiger partial charge in [0.2, 0.25) is 0 Å². The second-order valence-electron chi connectivity index (χ2n) is 7.51. The number of hydrogen-bond donors (Lipinski definition) is 1. The zero-order valence-electron chi connectivity index (χ0n) is 16.6. The molecule has 1 aromatic carbocycles. The lowest BCUT2D eigenvalue weighted by Crippen LogP contribution is -2.20. The van der Waals surface area contributed by atoms with Gasteiger partial charge in [-0.2, -0.15) is 0 Å². The molecule has 0 aliphatic heterocycles. The zero-order valence-corrected chi connectivity index (χ0v) is 16.6. The molecule has 1 N–H and O–H groups in total. The van der Waals surface area contributed by atoms with Gasteiger partial charge < -0.3 is 5.41 Å². The summed E-state index contributed by atoms with van der Waals surface area (Å²) >= 11 is 0. The van der Waals surface area contributed by atoms with Crippen LogP contribution < -0.4 is 0 Å². The Hall–Kier alpha value is -1.89. The van der Waals surface area contributed by atoms with E-state index >= 15 is 0 Å². The predicted molar refractivity (Wildman–Crippen MR) is 111 cm³/mol. The van der Waals surface area contributed by atoms with Gasteiger partial charge in [-0.05, 0) is 80.2 Å². The van der Waals surface area contributed by atoms with E-state index in [0.717, 1.165) is 37.8 Å². The molecule has 0 radical (unpaired) electrons. The van der Waals surface area contributed by atoms with Crippen molar-refractivity contribution in [2.45, 2.75) is 72.6 Å². The molecule has 1 aromatic rings. The fourth-order valence-corrected chi connectivity index (χ4v) is 3.86. The quantitative estimate of drug-likeness (QED) is 0.590. The van der Waals surface area contributed by atoms with Gasteiger partial charge in [-0.1, -0.05) is 62.3 Å². The van der Waals surface area contributed by atoms with Crippen molar-refractivity contribution in [2.75, 3.05) is 0 Å². The summed E-state index contributed by atoms with van der Waals surface area (Å²) in [6.45, 7) is 15.2. The third-order valence-corrected chi connectivity index (χ3v) is 5.40. The first-order chi connectivity index (χ1) is 11.9. The van der Waals surface area contributed by atoms with Gasteiger partial charge >= 0.3 is 0 Å². The highest BCUT2D eigenvalue weighted by Crippen LogP contribution is 2.41. The number of rotatable bonds is 5. The number of benzene rings is 1. The van der Waals surface area contributed by atoms with Crippen LogP contribution in [0, 0.1) is 5.41 Å². The Balaban J connectivity index is 2.43. The van der Waals surface area contributed by atoms with Crippen LogP contribution in [0.15, 0.2) is 58.7 Å². The summed E-state index contributed by atoms with van der Waals surface area (Å²) in [5.41, 5.74) is 9.83. The average molecular weight is 336 g/mol. The van der Waals surface area contributed by atoms with Crippen LogP contribution in [0.1, 0.15) is 77.3 Å². The summed E-state index contributed by atoms with van der Waals surface area (Å²) < 4.78 is 0. The smallest absolute Gasteiger partial charge is 0.0394 e. The lowest BCUT2D eigenvalue weighted by Gasteiger charge is -2.31. The summed E-state index contributed by atoms with van der Waals surface area (Å²) in [4.78, 5) is 0. The molecule has 0 saturated heterocycles. The van der Waals surface area contributed by atoms with Gasteiger partial charge in [0.25, 0.3) is 0 Å². The fourth-order valence-electron chi connectivity index (χ4n) is 3.86. The Bertz CT molecular complexity index is 709. The van der Waals surface area contributed by atoms with Crippen LogP contribution in [0.4, 0.5) is 0 Å². The third kappa shape index (κ3) is 4.39. The molecule has 1 atom stereocenters. The first-order valence-electron chi connectivity index (χ1n) is 9.61. The van der Waals surface area contributed by atoms with Crippen LogP contribution in [-0.2, 0) is 6.42 Å². The van der Waals surface area contributed by atoms with Crippen molar-refractivity contribution in [1.29, 1.82) is 5.41 Å². The monoisotopic (exact) mass is 335 g/mol. The molecular weight excluding hydrogens is 302 g/mol. The van der Waals surface area contributed by atoms with Crippen LogP contribution in [0.3, 0.4) is 0 Å². The molecule has 1 nitrogen and oxygen atoms in total. The van der Waals surface area contributed by atoms with Crippen molar-refractivity contribution in [2.24, 2.45) is 0 Å². The Morgan fingerprint density at radius 2 is 1.72 bits per heavy atom. The lowest BCUT2D eigenvalue weighted by atomic mass is 9.73. The standard InChI is InChI=1S/C24H33N/c1-7-9-17(5)18(6)22-14-21(15-23(25)24(22)16(3)4)20-12-10-19(8-2)11-13-20/h10-13,21,25H,5,7-9,14-15H2,1-4,6H3/b22-18+,25-23?. The van der Waals surface area contributed by atoms with Gasteiger partial charge in [-0.15, -0.1) is 0 Å². The van der Waals surface area contributed by atoms with Gasteiger partial charge in [0.05, 0.1) is 0 Å². The van der Waals surface area contributed by atoms with Gasteiger partial charge in [0.1, 0.15) is 0 Å². The van der Waals surface area contributed by atoms with E-state index in [2.05, 4.69) is 65.5 Å². The average Bonchev–Trinajstić information content (AvgIpc) is 2.60. The van der Waals surface area contributed by atoms with E-state index in [1.807, 2.05) is 0 Å². The molecule has 0 heterocycles. The molecule has 134 valence electrons. The molecule has 0 bridgehead atoms. The van der Waals surface area contributed by atoms with Crippen molar-refractivity contribution in [3.63, 3.8) is 0 Å². The Kier molecular flexibility index (Phi) is 6.58. The van der Waals surface area contributed by atoms with E-state index in [9.17, 15) is 0 Å². The summed E-state index contributed by atoms with van der Waals surface area (Å²) in [7, 11) is 0. The van der Waals surface area contributed by atoms with Crippen LogP contribution in [0.5, 0.6) is 0 Å². The first-order valence-corrected chi connectivity index (χ1v) is 9.61. The molecule has 25 heavy (non-hydrogen) atoms. The van der Waals surface area contributed by atoms with E-state index in [1.165, 1.54) is 39.0 Å². The largest absolute Gasteiger partial charge is 0.305 e. The third-order valence-electron chi connectivity index (χ3n) is 5.40. The number of nitrogens with one attached hydrogen (secondary N) is 1. The Morgan fingerprint density at radius 1 is 1.08 bits per heavy atom. The van der Waals surface area contributed by atoms with E-state index < -0.39 is 0 Å². The minimum absolute atomic E-state index is 0.404. The maximum Gasteiger partial charge on any atom is 0.0394 e. The van der Waals surface area contributed by atoms with Crippen LogP contribution in [-0.4, -0.2) is 5.71 Å². The maximum absolute atomic E-state index is 8.68. The van der Waals surface area contributed by atoms with Gasteiger partial charge in [0.15, 0.2) is 0 Å².